The van der Waals surface area contributed by atoms with Gasteiger partial charge in [0.2, 0.25) is 0 Å². The third-order valence-electron chi connectivity index (χ3n) is 2.38. The van der Waals surface area contributed by atoms with Crippen molar-refractivity contribution in [2.24, 2.45) is 5.92 Å². The van der Waals surface area contributed by atoms with E-state index in [2.05, 4.69) is 24.3 Å². The molecule has 0 aliphatic rings. The molecule has 0 bridgehead atoms. The van der Waals surface area contributed by atoms with Crippen LogP contribution in [0.3, 0.4) is 0 Å². The van der Waals surface area contributed by atoms with Gasteiger partial charge in [0.1, 0.15) is 5.76 Å². The third-order valence-corrected chi connectivity index (χ3v) is 2.38. The number of nitrogens with one attached hydrogen (secondary N) is 1. The van der Waals surface area contributed by atoms with Crippen molar-refractivity contribution in [2.45, 2.75) is 40.7 Å². The fourth-order valence-corrected chi connectivity index (χ4v) is 1.36. The van der Waals surface area contributed by atoms with Crippen LogP contribution in [0.15, 0.2) is 4.52 Å². The van der Waals surface area contributed by atoms with E-state index in [0.29, 0.717) is 0 Å². The second-order valence-electron chi connectivity index (χ2n) is 4.16. The summed E-state index contributed by atoms with van der Waals surface area (Å²) in [5, 5.41) is 7.32. The highest BCUT2D eigenvalue weighted by Gasteiger charge is 2.07. The molecule has 1 aromatic heterocycles. The maximum absolute atomic E-state index is 5.08. The summed E-state index contributed by atoms with van der Waals surface area (Å²) in [6.45, 7) is 10.3. The number of hydrogen-bond acceptors (Lipinski definition) is 3. The highest BCUT2D eigenvalue weighted by molar-refractivity contribution is 5.20. The zero-order valence-electron chi connectivity index (χ0n) is 9.55. The number of aromatic nitrogens is 1. The molecule has 0 unspecified atom stereocenters. The minimum Gasteiger partial charge on any atom is -0.361 e. The maximum Gasteiger partial charge on any atom is 0.138 e. The number of rotatable bonds is 5. The van der Waals surface area contributed by atoms with Gasteiger partial charge in [-0.3, -0.25) is 0 Å². The number of aryl methyl sites for hydroxylation is 2. The predicted molar refractivity (Wildman–Crippen MR) is 57.1 cm³/mol. The van der Waals surface area contributed by atoms with Gasteiger partial charge in [-0.15, -0.1) is 0 Å². The Hall–Kier alpha value is -0.830. The Balaban J connectivity index is 2.31. The van der Waals surface area contributed by atoms with E-state index in [-0.39, 0.29) is 0 Å². The summed E-state index contributed by atoms with van der Waals surface area (Å²) in [7, 11) is 0. The van der Waals surface area contributed by atoms with E-state index in [4.69, 9.17) is 4.52 Å². The monoisotopic (exact) mass is 196 g/mol. The van der Waals surface area contributed by atoms with Crippen molar-refractivity contribution in [3.63, 3.8) is 0 Å². The molecule has 0 saturated carbocycles. The normalized spacial score (nSPS) is 11.2. The Morgan fingerprint density at radius 1 is 1.36 bits per heavy atom. The van der Waals surface area contributed by atoms with E-state index in [1.54, 1.807) is 0 Å². The molecule has 0 aliphatic carbocycles. The molecule has 0 radical (unpaired) electrons. The third kappa shape index (κ3) is 3.14. The van der Waals surface area contributed by atoms with Gasteiger partial charge in [0.15, 0.2) is 0 Å². The Bertz CT molecular complexity index is 259. The maximum atomic E-state index is 5.08. The largest absolute Gasteiger partial charge is 0.361 e. The van der Waals surface area contributed by atoms with Gasteiger partial charge >= 0.3 is 0 Å². The smallest absolute Gasteiger partial charge is 0.138 e. The molecule has 1 heterocycles. The molecular weight excluding hydrogens is 176 g/mol. The summed E-state index contributed by atoms with van der Waals surface area (Å²) in [5.41, 5.74) is 2.20. The fraction of sp³-hybridized carbons (Fsp3) is 0.727. The van der Waals surface area contributed by atoms with E-state index < -0.39 is 0 Å². The zero-order chi connectivity index (χ0) is 10.6. The lowest BCUT2D eigenvalue weighted by molar-refractivity contribution is 0.391. The van der Waals surface area contributed by atoms with Crippen LogP contribution in [0.2, 0.25) is 0 Å². The first-order valence-electron chi connectivity index (χ1n) is 5.23. The summed E-state index contributed by atoms with van der Waals surface area (Å²) in [6.07, 6.45) is 1.21. The van der Waals surface area contributed by atoms with Crippen molar-refractivity contribution < 1.29 is 4.52 Å². The van der Waals surface area contributed by atoms with Crippen LogP contribution >= 0.6 is 0 Å². The van der Waals surface area contributed by atoms with Crippen LogP contribution in [0.4, 0.5) is 0 Å². The van der Waals surface area contributed by atoms with Crippen LogP contribution < -0.4 is 5.32 Å². The summed E-state index contributed by atoms with van der Waals surface area (Å²) in [5.74, 6) is 1.69. The lowest BCUT2D eigenvalue weighted by atomic mass is 10.1. The van der Waals surface area contributed by atoms with Gasteiger partial charge in [0.25, 0.3) is 0 Å². The molecule has 0 fully saturated rings. The van der Waals surface area contributed by atoms with Gasteiger partial charge < -0.3 is 9.84 Å². The predicted octanol–water partition coefficient (Wildman–Crippen LogP) is 2.43. The molecule has 0 aromatic carbocycles. The van der Waals surface area contributed by atoms with E-state index in [0.717, 1.165) is 30.5 Å². The van der Waals surface area contributed by atoms with Crippen LogP contribution in [-0.2, 0) is 6.54 Å². The molecule has 3 heteroatoms. The Kier molecular flexibility index (Phi) is 4.14. The molecule has 1 rings (SSSR count). The van der Waals surface area contributed by atoms with E-state index >= 15 is 0 Å². The highest BCUT2D eigenvalue weighted by Crippen LogP contribution is 2.11. The molecule has 0 amide bonds. The van der Waals surface area contributed by atoms with Crippen molar-refractivity contribution >= 4 is 0 Å². The summed E-state index contributed by atoms with van der Waals surface area (Å²) in [6, 6.07) is 0. The van der Waals surface area contributed by atoms with Gasteiger partial charge in [-0.2, -0.15) is 0 Å². The number of nitrogens with zero attached hydrogens (tertiary/aromatic N) is 1. The Morgan fingerprint density at radius 2 is 2.07 bits per heavy atom. The quantitative estimate of drug-likeness (QED) is 0.735. The molecule has 1 aromatic rings. The average molecular weight is 196 g/mol. The second-order valence-corrected chi connectivity index (χ2v) is 4.16. The number of hydrogen-bond donors (Lipinski definition) is 1. The zero-order valence-corrected chi connectivity index (χ0v) is 9.55. The van der Waals surface area contributed by atoms with Gasteiger partial charge in [-0.25, -0.2) is 0 Å². The summed E-state index contributed by atoms with van der Waals surface area (Å²) < 4.78 is 5.08. The molecule has 0 saturated heterocycles. The molecule has 0 aliphatic heterocycles. The molecule has 3 nitrogen and oxygen atoms in total. The minimum atomic E-state index is 0.757. The summed E-state index contributed by atoms with van der Waals surface area (Å²) >= 11 is 0. The van der Waals surface area contributed by atoms with Gasteiger partial charge in [-0.05, 0) is 32.7 Å². The van der Waals surface area contributed by atoms with Crippen LogP contribution in [0.5, 0.6) is 0 Å². The Morgan fingerprint density at radius 3 is 2.57 bits per heavy atom. The highest BCUT2D eigenvalue weighted by atomic mass is 16.5. The van der Waals surface area contributed by atoms with E-state index in [9.17, 15) is 0 Å². The first-order valence-corrected chi connectivity index (χ1v) is 5.23. The lowest BCUT2D eigenvalue weighted by Gasteiger charge is -2.06. The fourth-order valence-electron chi connectivity index (χ4n) is 1.36. The van der Waals surface area contributed by atoms with Crippen molar-refractivity contribution in [3.05, 3.63) is 17.0 Å². The van der Waals surface area contributed by atoms with Crippen molar-refractivity contribution in [1.82, 2.24) is 10.5 Å². The Labute approximate surface area is 85.9 Å². The average Bonchev–Trinajstić information content (AvgIpc) is 2.42. The molecule has 0 spiro atoms. The van der Waals surface area contributed by atoms with Crippen molar-refractivity contribution in [1.29, 1.82) is 0 Å². The lowest BCUT2D eigenvalue weighted by Crippen LogP contribution is -2.16. The summed E-state index contributed by atoms with van der Waals surface area (Å²) in [4.78, 5) is 0. The molecule has 14 heavy (non-hydrogen) atoms. The van der Waals surface area contributed by atoms with Gasteiger partial charge in [0.05, 0.1) is 5.69 Å². The first-order chi connectivity index (χ1) is 6.61. The van der Waals surface area contributed by atoms with Crippen LogP contribution in [0, 0.1) is 19.8 Å². The standard InChI is InChI=1S/C11H20N2O/c1-8(2)5-6-12-7-11-9(3)13-14-10(11)4/h8,12H,5-7H2,1-4H3. The molecule has 80 valence electrons. The van der Waals surface area contributed by atoms with Gasteiger partial charge in [-0.1, -0.05) is 19.0 Å². The molecular formula is C11H20N2O. The van der Waals surface area contributed by atoms with Crippen LogP contribution in [0.1, 0.15) is 37.3 Å². The second kappa shape index (κ2) is 5.15. The first kappa shape index (κ1) is 11.2. The van der Waals surface area contributed by atoms with E-state index in [1.807, 2.05) is 13.8 Å². The van der Waals surface area contributed by atoms with Crippen molar-refractivity contribution in [3.8, 4) is 0 Å². The van der Waals surface area contributed by atoms with Crippen LogP contribution in [0.25, 0.3) is 0 Å². The van der Waals surface area contributed by atoms with E-state index in [1.165, 1.54) is 12.0 Å². The SMILES string of the molecule is Cc1noc(C)c1CNCCC(C)C. The molecule has 1 N–H and O–H groups in total. The minimum absolute atomic E-state index is 0.757. The van der Waals surface area contributed by atoms with Crippen LogP contribution in [-0.4, -0.2) is 11.7 Å². The van der Waals surface area contributed by atoms with Crippen molar-refractivity contribution in [2.75, 3.05) is 6.54 Å². The topological polar surface area (TPSA) is 38.1 Å². The molecule has 0 atom stereocenters. The van der Waals surface area contributed by atoms with Gasteiger partial charge in [0, 0.05) is 12.1 Å².